The highest BCUT2D eigenvalue weighted by atomic mass is 19.4. The number of ketones is 1. The summed E-state index contributed by atoms with van der Waals surface area (Å²) in [4.78, 5) is 14.8. The fraction of sp³-hybridized carbons (Fsp3) is 0.562. The van der Waals surface area contributed by atoms with Crippen molar-refractivity contribution in [2.75, 3.05) is 7.05 Å². The Kier molecular flexibility index (Phi) is 4.08. The molecule has 0 N–H and O–H groups in total. The Morgan fingerprint density at radius 2 is 1.83 bits per heavy atom. The molecule has 2 unspecified atom stereocenters. The number of hydrogen-bond donors (Lipinski definition) is 0. The van der Waals surface area contributed by atoms with Gasteiger partial charge in [-0.3, -0.25) is 4.79 Å². The number of ether oxygens (including phenoxy) is 1. The number of Topliss-reactive ketones (excluding diaryl/α,β-unsaturated/α-hetero) is 1. The minimum atomic E-state index is -4.87. The number of rotatable bonds is 3. The Labute approximate surface area is 131 Å². The van der Waals surface area contributed by atoms with Crippen LogP contribution >= 0.6 is 0 Å². The smallest absolute Gasteiger partial charge is 0.406 e. The largest absolute Gasteiger partial charge is 0.573 e. The van der Waals surface area contributed by atoms with E-state index in [0.717, 1.165) is 31.0 Å². The van der Waals surface area contributed by atoms with Gasteiger partial charge in [0.1, 0.15) is 11.6 Å². The van der Waals surface area contributed by atoms with E-state index in [0.29, 0.717) is 24.9 Å². The highest BCUT2D eigenvalue weighted by molar-refractivity contribution is 5.98. The van der Waals surface area contributed by atoms with Gasteiger partial charge < -0.3 is 9.64 Å². The molecule has 0 aromatic heterocycles. The molecule has 1 aromatic rings. The molecule has 2 fully saturated rings. The molecule has 2 aliphatic rings. The highest BCUT2D eigenvalue weighted by Gasteiger charge is 2.41. The van der Waals surface area contributed by atoms with E-state index < -0.39 is 23.7 Å². The van der Waals surface area contributed by atoms with Crippen molar-refractivity contribution in [2.45, 2.75) is 44.1 Å². The third-order valence-electron chi connectivity index (χ3n) is 4.91. The molecule has 2 bridgehead atoms. The average Bonchev–Trinajstić information content (AvgIpc) is 2.69. The number of hydrogen-bond acceptors (Lipinski definition) is 3. The topological polar surface area (TPSA) is 29.5 Å². The number of carbonyl (C=O) groups excluding carboxylic acids is 1. The first-order valence-corrected chi connectivity index (χ1v) is 7.56. The van der Waals surface area contributed by atoms with Gasteiger partial charge in [-0.1, -0.05) is 0 Å². The van der Waals surface area contributed by atoms with E-state index >= 15 is 0 Å². The highest BCUT2D eigenvalue weighted by Crippen LogP contribution is 2.39. The summed E-state index contributed by atoms with van der Waals surface area (Å²) in [7, 11) is 2.02. The van der Waals surface area contributed by atoms with Gasteiger partial charge in [-0.15, -0.1) is 13.2 Å². The first-order chi connectivity index (χ1) is 10.7. The molecule has 2 aliphatic heterocycles. The lowest BCUT2D eigenvalue weighted by atomic mass is 9.85. The quantitative estimate of drug-likeness (QED) is 0.624. The molecule has 23 heavy (non-hydrogen) atoms. The summed E-state index contributed by atoms with van der Waals surface area (Å²) >= 11 is 0. The molecule has 0 saturated carbocycles. The van der Waals surface area contributed by atoms with Crippen LogP contribution in [0.25, 0.3) is 0 Å². The van der Waals surface area contributed by atoms with Gasteiger partial charge in [0.15, 0.2) is 5.78 Å². The molecule has 7 heteroatoms. The molecule has 1 aromatic carbocycles. The maximum Gasteiger partial charge on any atom is 0.573 e. The van der Waals surface area contributed by atoms with Crippen molar-refractivity contribution in [3.8, 4) is 5.75 Å². The van der Waals surface area contributed by atoms with Gasteiger partial charge in [0.25, 0.3) is 0 Å². The maximum absolute atomic E-state index is 13.9. The Morgan fingerprint density at radius 3 is 2.39 bits per heavy atom. The van der Waals surface area contributed by atoms with E-state index in [1.54, 1.807) is 0 Å². The zero-order chi connectivity index (χ0) is 16.8. The minimum absolute atomic E-state index is 0.292. The van der Waals surface area contributed by atoms with Crippen LogP contribution in [-0.4, -0.2) is 36.2 Å². The number of alkyl halides is 3. The molecule has 126 valence electrons. The van der Waals surface area contributed by atoms with E-state index in [9.17, 15) is 22.4 Å². The Hall–Kier alpha value is -1.63. The Balaban J connectivity index is 1.81. The zero-order valence-corrected chi connectivity index (χ0v) is 12.6. The van der Waals surface area contributed by atoms with Crippen LogP contribution in [0, 0.1) is 11.7 Å². The van der Waals surface area contributed by atoms with Gasteiger partial charge in [-0.05, 0) is 50.9 Å². The molecule has 2 atom stereocenters. The minimum Gasteiger partial charge on any atom is -0.406 e. The van der Waals surface area contributed by atoms with Crippen molar-refractivity contribution in [3.05, 3.63) is 29.6 Å². The standard InChI is InChI=1S/C16H17F4NO2/c1-21-10-2-3-11(21)7-9(6-10)15(22)13-8-12(4-5-14(13)17)23-16(18,19)20/h4-5,8-11H,2-3,6-7H2,1H3. The van der Waals surface area contributed by atoms with Crippen LogP contribution in [0.15, 0.2) is 18.2 Å². The molecule has 0 spiro atoms. The van der Waals surface area contributed by atoms with Gasteiger partial charge >= 0.3 is 6.36 Å². The summed E-state index contributed by atoms with van der Waals surface area (Å²) in [5, 5.41) is 0. The molecule has 3 nitrogen and oxygen atoms in total. The van der Waals surface area contributed by atoms with Crippen molar-refractivity contribution >= 4 is 5.78 Å². The second-order valence-electron chi connectivity index (χ2n) is 6.27. The first kappa shape index (κ1) is 16.2. The molecule has 2 heterocycles. The first-order valence-electron chi connectivity index (χ1n) is 7.56. The number of carbonyl (C=O) groups is 1. The summed E-state index contributed by atoms with van der Waals surface area (Å²) in [6.07, 6.45) is -1.62. The molecular weight excluding hydrogens is 314 g/mol. The van der Waals surface area contributed by atoms with E-state index in [2.05, 4.69) is 9.64 Å². The second-order valence-corrected chi connectivity index (χ2v) is 6.27. The van der Waals surface area contributed by atoms with Crippen molar-refractivity contribution in [2.24, 2.45) is 5.92 Å². The number of halogens is 4. The summed E-state index contributed by atoms with van der Waals surface area (Å²) in [5.74, 6) is -2.16. The lowest BCUT2D eigenvalue weighted by Gasteiger charge is -2.35. The lowest BCUT2D eigenvalue weighted by molar-refractivity contribution is -0.274. The number of piperidine rings is 1. The van der Waals surface area contributed by atoms with E-state index in [-0.39, 0.29) is 11.5 Å². The van der Waals surface area contributed by atoms with Crippen molar-refractivity contribution in [1.82, 2.24) is 4.90 Å². The van der Waals surface area contributed by atoms with Crippen molar-refractivity contribution in [1.29, 1.82) is 0 Å². The van der Waals surface area contributed by atoms with Crippen LogP contribution in [0.2, 0.25) is 0 Å². The molecule has 0 aliphatic carbocycles. The normalized spacial score (nSPS) is 28.0. The van der Waals surface area contributed by atoms with Gasteiger partial charge in [0, 0.05) is 18.0 Å². The van der Waals surface area contributed by atoms with Crippen LogP contribution in [0.3, 0.4) is 0 Å². The van der Waals surface area contributed by atoms with Gasteiger partial charge in [-0.2, -0.15) is 0 Å². The SMILES string of the molecule is CN1C2CCC1CC(C(=O)c1cc(OC(F)(F)F)ccc1F)C2. The van der Waals surface area contributed by atoms with E-state index in [1.165, 1.54) is 0 Å². The van der Waals surface area contributed by atoms with Crippen LogP contribution < -0.4 is 4.74 Å². The summed E-state index contributed by atoms with van der Waals surface area (Å²) in [6, 6.07) is 3.15. The monoisotopic (exact) mass is 331 g/mol. The van der Waals surface area contributed by atoms with E-state index in [1.807, 2.05) is 7.05 Å². The Bertz CT molecular complexity index is 603. The van der Waals surface area contributed by atoms with Gasteiger partial charge in [-0.25, -0.2) is 4.39 Å². The molecule has 0 amide bonds. The lowest BCUT2D eigenvalue weighted by Crippen LogP contribution is -2.42. The summed E-state index contributed by atoms with van der Waals surface area (Å²) < 4.78 is 54.5. The summed E-state index contributed by atoms with van der Waals surface area (Å²) in [6.45, 7) is 0. The van der Waals surface area contributed by atoms with Crippen LogP contribution in [-0.2, 0) is 0 Å². The average molecular weight is 331 g/mol. The molecular formula is C16H17F4NO2. The summed E-state index contributed by atoms with van der Waals surface area (Å²) in [5.41, 5.74) is -0.319. The fourth-order valence-electron chi connectivity index (χ4n) is 3.74. The van der Waals surface area contributed by atoms with Gasteiger partial charge in [0.2, 0.25) is 0 Å². The molecule has 2 saturated heterocycles. The fourth-order valence-corrected chi connectivity index (χ4v) is 3.74. The van der Waals surface area contributed by atoms with Crippen molar-refractivity contribution in [3.63, 3.8) is 0 Å². The van der Waals surface area contributed by atoms with Crippen molar-refractivity contribution < 1.29 is 27.1 Å². The third kappa shape index (κ3) is 3.34. The van der Waals surface area contributed by atoms with Crippen LogP contribution in [0.5, 0.6) is 5.75 Å². The number of fused-ring (bicyclic) bond motifs is 2. The molecule has 3 rings (SSSR count). The number of benzene rings is 1. The predicted molar refractivity (Wildman–Crippen MR) is 74.7 cm³/mol. The van der Waals surface area contributed by atoms with Crippen LogP contribution in [0.1, 0.15) is 36.0 Å². The Morgan fingerprint density at radius 1 is 1.22 bits per heavy atom. The molecule has 0 radical (unpaired) electrons. The number of nitrogens with zero attached hydrogens (tertiary/aromatic N) is 1. The predicted octanol–water partition coefficient (Wildman–Crippen LogP) is 3.78. The second kappa shape index (κ2) is 5.78. The third-order valence-corrected chi connectivity index (χ3v) is 4.91. The maximum atomic E-state index is 13.9. The van der Waals surface area contributed by atoms with Crippen LogP contribution in [0.4, 0.5) is 17.6 Å². The van der Waals surface area contributed by atoms with Gasteiger partial charge in [0.05, 0.1) is 5.56 Å². The zero-order valence-electron chi connectivity index (χ0n) is 12.6. The van der Waals surface area contributed by atoms with E-state index in [4.69, 9.17) is 0 Å².